The van der Waals surface area contributed by atoms with Gasteiger partial charge in [0.2, 0.25) is 0 Å². The number of nitrogens with zero attached hydrogens (tertiary/aromatic N) is 2. The van der Waals surface area contributed by atoms with E-state index in [-0.39, 0.29) is 0 Å². The SMILES string of the molecule is CCCN(Cc1ccccc1)c1cc(N)cc(Cl)n1. The molecule has 1 aromatic carbocycles. The van der Waals surface area contributed by atoms with E-state index in [4.69, 9.17) is 17.3 Å². The molecule has 3 nitrogen and oxygen atoms in total. The van der Waals surface area contributed by atoms with Crippen LogP contribution in [0.2, 0.25) is 5.15 Å². The molecule has 0 aliphatic rings. The van der Waals surface area contributed by atoms with Crippen LogP contribution < -0.4 is 10.6 Å². The third-order valence-electron chi connectivity index (χ3n) is 2.84. The summed E-state index contributed by atoms with van der Waals surface area (Å²) in [4.78, 5) is 6.55. The molecule has 0 amide bonds. The summed E-state index contributed by atoms with van der Waals surface area (Å²) in [7, 11) is 0. The molecule has 0 aliphatic heterocycles. The second kappa shape index (κ2) is 6.43. The molecule has 2 rings (SSSR count). The average molecular weight is 276 g/mol. The Morgan fingerprint density at radius 2 is 1.95 bits per heavy atom. The molecule has 0 fully saturated rings. The first-order valence-corrected chi connectivity index (χ1v) is 6.78. The van der Waals surface area contributed by atoms with Crippen LogP contribution in [0.1, 0.15) is 18.9 Å². The maximum Gasteiger partial charge on any atom is 0.133 e. The molecular formula is C15H18ClN3. The fourth-order valence-electron chi connectivity index (χ4n) is 2.01. The Morgan fingerprint density at radius 3 is 2.58 bits per heavy atom. The Labute approximate surface area is 119 Å². The molecule has 0 bridgehead atoms. The average Bonchev–Trinajstić information content (AvgIpc) is 2.38. The molecule has 0 saturated heterocycles. The summed E-state index contributed by atoms with van der Waals surface area (Å²) in [6.07, 6.45) is 1.04. The molecule has 0 saturated carbocycles. The van der Waals surface area contributed by atoms with Crippen LogP contribution >= 0.6 is 11.6 Å². The lowest BCUT2D eigenvalue weighted by atomic mass is 10.2. The topological polar surface area (TPSA) is 42.1 Å². The minimum absolute atomic E-state index is 0.434. The highest BCUT2D eigenvalue weighted by atomic mass is 35.5. The number of halogens is 1. The minimum Gasteiger partial charge on any atom is -0.399 e. The molecule has 2 aromatic rings. The minimum atomic E-state index is 0.434. The van der Waals surface area contributed by atoms with Gasteiger partial charge in [-0.2, -0.15) is 0 Å². The van der Waals surface area contributed by atoms with Crippen molar-refractivity contribution in [2.45, 2.75) is 19.9 Å². The van der Waals surface area contributed by atoms with Crippen molar-refractivity contribution in [3.05, 3.63) is 53.2 Å². The van der Waals surface area contributed by atoms with E-state index < -0.39 is 0 Å². The third kappa shape index (κ3) is 3.86. The number of benzene rings is 1. The molecule has 0 atom stereocenters. The zero-order valence-electron chi connectivity index (χ0n) is 11.0. The van der Waals surface area contributed by atoms with E-state index in [1.165, 1.54) is 5.56 Å². The molecule has 4 heteroatoms. The Kier molecular flexibility index (Phi) is 4.63. The summed E-state index contributed by atoms with van der Waals surface area (Å²) in [6, 6.07) is 13.8. The molecule has 0 unspecified atom stereocenters. The normalized spacial score (nSPS) is 10.4. The van der Waals surface area contributed by atoms with Crippen LogP contribution in [0.3, 0.4) is 0 Å². The summed E-state index contributed by atoms with van der Waals surface area (Å²) in [5.41, 5.74) is 7.72. The zero-order chi connectivity index (χ0) is 13.7. The number of aromatic nitrogens is 1. The van der Waals surface area contributed by atoms with Crippen molar-refractivity contribution in [1.82, 2.24) is 4.98 Å². The Bertz CT molecular complexity index is 508. The fraction of sp³-hybridized carbons (Fsp3) is 0.267. The number of anilines is 2. The van der Waals surface area contributed by atoms with Crippen molar-refractivity contribution >= 4 is 23.1 Å². The molecule has 0 aliphatic carbocycles. The Hall–Kier alpha value is -1.74. The molecular weight excluding hydrogens is 258 g/mol. The number of nitrogen functional groups attached to an aromatic ring is 1. The van der Waals surface area contributed by atoms with Crippen molar-refractivity contribution < 1.29 is 0 Å². The fourth-order valence-corrected chi connectivity index (χ4v) is 2.23. The number of nitrogens with two attached hydrogens (primary N) is 1. The molecule has 100 valence electrons. The molecule has 0 radical (unpaired) electrons. The van der Waals surface area contributed by atoms with Crippen molar-refractivity contribution in [2.75, 3.05) is 17.2 Å². The number of pyridine rings is 1. The molecule has 19 heavy (non-hydrogen) atoms. The van der Waals surface area contributed by atoms with E-state index in [1.807, 2.05) is 24.3 Å². The molecule has 1 aromatic heterocycles. The maximum absolute atomic E-state index is 5.98. The molecule has 1 heterocycles. The Balaban J connectivity index is 2.24. The smallest absolute Gasteiger partial charge is 0.133 e. The van der Waals surface area contributed by atoms with Crippen LogP contribution in [0.4, 0.5) is 11.5 Å². The quantitative estimate of drug-likeness (QED) is 0.846. The van der Waals surface area contributed by atoms with Crippen LogP contribution in [-0.2, 0) is 6.54 Å². The third-order valence-corrected chi connectivity index (χ3v) is 3.03. The van der Waals surface area contributed by atoms with Gasteiger partial charge in [0.25, 0.3) is 0 Å². The largest absolute Gasteiger partial charge is 0.399 e. The molecule has 2 N–H and O–H groups in total. The number of rotatable bonds is 5. The number of hydrogen-bond donors (Lipinski definition) is 1. The van der Waals surface area contributed by atoms with E-state index in [2.05, 4.69) is 28.9 Å². The van der Waals surface area contributed by atoms with E-state index in [0.717, 1.165) is 25.3 Å². The first-order chi connectivity index (χ1) is 9.19. The maximum atomic E-state index is 5.98. The second-order valence-electron chi connectivity index (χ2n) is 4.49. The summed E-state index contributed by atoms with van der Waals surface area (Å²) < 4.78 is 0. The van der Waals surface area contributed by atoms with Gasteiger partial charge < -0.3 is 10.6 Å². The first-order valence-electron chi connectivity index (χ1n) is 6.41. The van der Waals surface area contributed by atoms with E-state index >= 15 is 0 Å². The van der Waals surface area contributed by atoms with Crippen molar-refractivity contribution in [3.8, 4) is 0 Å². The van der Waals surface area contributed by atoms with Gasteiger partial charge in [-0.05, 0) is 18.1 Å². The summed E-state index contributed by atoms with van der Waals surface area (Å²) in [5.74, 6) is 0.829. The van der Waals surface area contributed by atoms with Crippen LogP contribution in [0.5, 0.6) is 0 Å². The summed E-state index contributed by atoms with van der Waals surface area (Å²) >= 11 is 5.98. The molecule has 0 spiro atoms. The van der Waals surface area contributed by atoms with Crippen LogP contribution in [0.25, 0.3) is 0 Å². The van der Waals surface area contributed by atoms with Gasteiger partial charge in [-0.3, -0.25) is 0 Å². The first kappa shape index (κ1) is 13.7. The van der Waals surface area contributed by atoms with Gasteiger partial charge in [0.05, 0.1) is 0 Å². The summed E-state index contributed by atoms with van der Waals surface area (Å²) in [6.45, 7) is 3.87. The lowest BCUT2D eigenvalue weighted by Crippen LogP contribution is -2.24. The van der Waals surface area contributed by atoms with E-state index in [0.29, 0.717) is 10.8 Å². The van der Waals surface area contributed by atoms with Gasteiger partial charge in [-0.25, -0.2) is 4.98 Å². The monoisotopic (exact) mass is 275 g/mol. The van der Waals surface area contributed by atoms with Crippen molar-refractivity contribution in [2.24, 2.45) is 0 Å². The van der Waals surface area contributed by atoms with Crippen molar-refractivity contribution in [3.63, 3.8) is 0 Å². The van der Waals surface area contributed by atoms with Gasteiger partial charge >= 0.3 is 0 Å². The van der Waals surface area contributed by atoms with Crippen molar-refractivity contribution in [1.29, 1.82) is 0 Å². The van der Waals surface area contributed by atoms with Crippen LogP contribution in [-0.4, -0.2) is 11.5 Å². The summed E-state index contributed by atoms with van der Waals surface area (Å²) in [5, 5.41) is 0.434. The van der Waals surface area contributed by atoms with Gasteiger partial charge in [0.1, 0.15) is 11.0 Å². The van der Waals surface area contributed by atoms with Crippen LogP contribution in [0.15, 0.2) is 42.5 Å². The predicted octanol–water partition coefficient (Wildman–Crippen LogP) is 3.73. The van der Waals surface area contributed by atoms with E-state index in [9.17, 15) is 0 Å². The van der Waals surface area contributed by atoms with Gasteiger partial charge in [0, 0.05) is 24.8 Å². The lowest BCUT2D eigenvalue weighted by Gasteiger charge is -2.23. The number of hydrogen-bond acceptors (Lipinski definition) is 3. The highest BCUT2D eigenvalue weighted by Gasteiger charge is 2.09. The van der Waals surface area contributed by atoms with Gasteiger partial charge in [-0.15, -0.1) is 0 Å². The van der Waals surface area contributed by atoms with Gasteiger partial charge in [-0.1, -0.05) is 48.9 Å². The highest BCUT2D eigenvalue weighted by molar-refractivity contribution is 6.29. The van der Waals surface area contributed by atoms with E-state index in [1.54, 1.807) is 6.07 Å². The predicted molar refractivity (Wildman–Crippen MR) is 81.4 cm³/mol. The second-order valence-corrected chi connectivity index (χ2v) is 4.88. The standard InChI is InChI=1S/C15H18ClN3/c1-2-8-19(11-12-6-4-3-5-7-12)15-10-13(17)9-14(16)18-15/h3-7,9-10H,2,8,11H2,1H3,(H2,17,18). The van der Waals surface area contributed by atoms with Gasteiger partial charge in [0.15, 0.2) is 0 Å². The Morgan fingerprint density at radius 1 is 1.21 bits per heavy atom. The highest BCUT2D eigenvalue weighted by Crippen LogP contribution is 2.21. The lowest BCUT2D eigenvalue weighted by molar-refractivity contribution is 0.755. The zero-order valence-corrected chi connectivity index (χ0v) is 11.8. The van der Waals surface area contributed by atoms with Crippen LogP contribution in [0, 0.1) is 0 Å².